The van der Waals surface area contributed by atoms with Gasteiger partial charge in [0.25, 0.3) is 10.0 Å². The number of anilines is 1. The first-order valence-corrected chi connectivity index (χ1v) is 6.63. The van der Waals surface area contributed by atoms with E-state index in [0.717, 1.165) is 17.4 Å². The molecule has 0 aliphatic carbocycles. The second kappa shape index (κ2) is 4.18. The lowest BCUT2D eigenvalue weighted by atomic mass is 10.4. The molecule has 7 heteroatoms. The van der Waals surface area contributed by atoms with Crippen molar-refractivity contribution in [3.8, 4) is 0 Å². The molecule has 1 heterocycles. The number of hydrogen-bond acceptors (Lipinski definition) is 4. The Kier molecular flexibility index (Phi) is 2.88. The van der Waals surface area contributed by atoms with Gasteiger partial charge in [-0.3, -0.25) is 4.72 Å². The highest BCUT2D eigenvalue weighted by atomic mass is 32.2. The van der Waals surface area contributed by atoms with Crippen LogP contribution in [0.1, 0.15) is 0 Å². The second-order valence-electron chi connectivity index (χ2n) is 2.87. The largest absolute Gasteiger partial charge is 0.266 e. The van der Waals surface area contributed by atoms with E-state index in [1.54, 1.807) is 5.38 Å². The van der Waals surface area contributed by atoms with Crippen LogP contribution in [-0.2, 0) is 10.0 Å². The standard InChI is InChI=1S/C9H7FN2O2S2/c10-7-3-1-2-4-8(7)16(13,14)12-9-11-5-6-15-9/h1-6H,(H,11,12). The molecule has 0 radical (unpaired) electrons. The molecule has 0 unspecified atom stereocenters. The smallest absolute Gasteiger partial charge is 0.255 e. The highest BCUT2D eigenvalue weighted by Crippen LogP contribution is 2.19. The topological polar surface area (TPSA) is 59.1 Å². The molecule has 84 valence electrons. The number of nitrogens with one attached hydrogen (secondary N) is 1. The van der Waals surface area contributed by atoms with Gasteiger partial charge in [-0.05, 0) is 12.1 Å². The van der Waals surface area contributed by atoms with Gasteiger partial charge < -0.3 is 0 Å². The lowest BCUT2D eigenvalue weighted by molar-refractivity contribution is 0.570. The van der Waals surface area contributed by atoms with Crippen molar-refractivity contribution in [2.24, 2.45) is 0 Å². The Morgan fingerprint density at radius 2 is 2.06 bits per heavy atom. The molecule has 1 aromatic carbocycles. The van der Waals surface area contributed by atoms with E-state index in [0.29, 0.717) is 0 Å². The van der Waals surface area contributed by atoms with E-state index >= 15 is 0 Å². The van der Waals surface area contributed by atoms with Gasteiger partial charge >= 0.3 is 0 Å². The van der Waals surface area contributed by atoms with Crippen LogP contribution in [0.25, 0.3) is 0 Å². The van der Waals surface area contributed by atoms with E-state index in [1.807, 2.05) is 0 Å². The molecule has 0 aliphatic heterocycles. The summed E-state index contributed by atoms with van der Waals surface area (Å²) >= 11 is 1.13. The summed E-state index contributed by atoms with van der Waals surface area (Å²) in [5.74, 6) is -0.786. The van der Waals surface area contributed by atoms with Crippen molar-refractivity contribution in [2.75, 3.05) is 4.72 Å². The third kappa shape index (κ3) is 2.20. The van der Waals surface area contributed by atoms with Crippen molar-refractivity contribution in [1.82, 2.24) is 4.98 Å². The van der Waals surface area contributed by atoms with Gasteiger partial charge in [-0.2, -0.15) is 0 Å². The maximum atomic E-state index is 13.3. The molecule has 0 saturated heterocycles. The molecule has 0 saturated carbocycles. The van der Waals surface area contributed by atoms with Crippen LogP contribution in [-0.4, -0.2) is 13.4 Å². The van der Waals surface area contributed by atoms with E-state index in [1.165, 1.54) is 24.4 Å². The zero-order valence-electron chi connectivity index (χ0n) is 7.92. The Hall–Kier alpha value is -1.47. The monoisotopic (exact) mass is 258 g/mol. The highest BCUT2D eigenvalue weighted by Gasteiger charge is 2.19. The van der Waals surface area contributed by atoms with Gasteiger partial charge in [0.2, 0.25) is 0 Å². The van der Waals surface area contributed by atoms with E-state index in [2.05, 4.69) is 9.71 Å². The summed E-state index contributed by atoms with van der Waals surface area (Å²) in [6, 6.07) is 5.18. The highest BCUT2D eigenvalue weighted by molar-refractivity contribution is 7.93. The number of nitrogens with zero attached hydrogens (tertiary/aromatic N) is 1. The Morgan fingerprint density at radius 1 is 1.31 bits per heavy atom. The summed E-state index contributed by atoms with van der Waals surface area (Å²) in [4.78, 5) is 3.38. The molecule has 2 rings (SSSR count). The lowest BCUT2D eigenvalue weighted by Gasteiger charge is -2.05. The number of thiazole rings is 1. The first-order valence-electron chi connectivity index (χ1n) is 4.26. The maximum Gasteiger partial charge on any atom is 0.266 e. The summed E-state index contributed by atoms with van der Waals surface area (Å²) in [6.07, 6.45) is 1.46. The van der Waals surface area contributed by atoms with Crippen LogP contribution in [0.3, 0.4) is 0 Å². The summed E-state index contributed by atoms with van der Waals surface area (Å²) in [7, 11) is -3.89. The first-order chi connectivity index (χ1) is 7.59. The van der Waals surface area contributed by atoms with Crippen LogP contribution in [0, 0.1) is 5.82 Å². The van der Waals surface area contributed by atoms with Gasteiger partial charge in [-0.1, -0.05) is 12.1 Å². The third-order valence-electron chi connectivity index (χ3n) is 1.78. The number of sulfonamides is 1. The van der Waals surface area contributed by atoms with Crippen molar-refractivity contribution in [1.29, 1.82) is 0 Å². The Balaban J connectivity index is 2.37. The van der Waals surface area contributed by atoms with E-state index in [4.69, 9.17) is 0 Å². The molecular weight excluding hydrogens is 251 g/mol. The molecule has 0 aliphatic rings. The second-order valence-corrected chi connectivity index (χ2v) is 5.42. The fourth-order valence-electron chi connectivity index (χ4n) is 1.11. The van der Waals surface area contributed by atoms with Crippen LogP contribution in [0.2, 0.25) is 0 Å². The predicted molar refractivity (Wildman–Crippen MR) is 59.3 cm³/mol. The van der Waals surface area contributed by atoms with Crippen molar-refractivity contribution in [2.45, 2.75) is 4.90 Å². The van der Waals surface area contributed by atoms with Gasteiger partial charge in [0.15, 0.2) is 5.13 Å². The summed E-state index contributed by atoms with van der Waals surface area (Å²) in [5, 5.41) is 1.84. The van der Waals surface area contributed by atoms with Crippen LogP contribution in [0.15, 0.2) is 40.7 Å². The SMILES string of the molecule is O=S(=O)(Nc1nccs1)c1ccccc1F. The van der Waals surface area contributed by atoms with E-state index in [-0.39, 0.29) is 10.0 Å². The quantitative estimate of drug-likeness (QED) is 0.917. The molecule has 4 nitrogen and oxygen atoms in total. The molecule has 0 fully saturated rings. The Morgan fingerprint density at radius 3 is 2.69 bits per heavy atom. The number of aromatic nitrogens is 1. The van der Waals surface area contributed by atoms with Crippen molar-refractivity contribution < 1.29 is 12.8 Å². The molecule has 0 atom stereocenters. The van der Waals surface area contributed by atoms with Gasteiger partial charge in [-0.25, -0.2) is 17.8 Å². The minimum atomic E-state index is -3.89. The third-order valence-corrected chi connectivity index (χ3v) is 3.97. The molecule has 0 spiro atoms. The van der Waals surface area contributed by atoms with Crippen LogP contribution >= 0.6 is 11.3 Å². The normalized spacial score (nSPS) is 11.3. The zero-order chi connectivity index (χ0) is 11.6. The molecular formula is C9H7FN2O2S2. The van der Waals surface area contributed by atoms with Crippen molar-refractivity contribution in [3.05, 3.63) is 41.7 Å². The van der Waals surface area contributed by atoms with Gasteiger partial charge in [0.1, 0.15) is 10.7 Å². The van der Waals surface area contributed by atoms with E-state index in [9.17, 15) is 12.8 Å². The van der Waals surface area contributed by atoms with Gasteiger partial charge in [0.05, 0.1) is 0 Å². The molecule has 2 aromatic rings. The van der Waals surface area contributed by atoms with Gasteiger partial charge in [0, 0.05) is 11.6 Å². The minimum absolute atomic E-state index is 0.211. The molecule has 16 heavy (non-hydrogen) atoms. The van der Waals surface area contributed by atoms with Crippen molar-refractivity contribution in [3.63, 3.8) is 0 Å². The molecule has 1 aromatic heterocycles. The average molecular weight is 258 g/mol. The fraction of sp³-hybridized carbons (Fsp3) is 0. The maximum absolute atomic E-state index is 13.3. The van der Waals surface area contributed by atoms with Gasteiger partial charge in [-0.15, -0.1) is 11.3 Å². The van der Waals surface area contributed by atoms with Crippen LogP contribution < -0.4 is 4.72 Å². The number of rotatable bonds is 3. The van der Waals surface area contributed by atoms with Crippen LogP contribution in [0.4, 0.5) is 9.52 Å². The van der Waals surface area contributed by atoms with E-state index < -0.39 is 15.8 Å². The Labute approximate surface area is 95.8 Å². The molecule has 0 amide bonds. The molecule has 1 N–H and O–H groups in total. The summed E-state index contributed by atoms with van der Waals surface area (Å²) in [6.45, 7) is 0. The lowest BCUT2D eigenvalue weighted by Crippen LogP contribution is -2.14. The zero-order valence-corrected chi connectivity index (χ0v) is 9.56. The summed E-state index contributed by atoms with van der Waals surface area (Å²) < 4.78 is 38.9. The number of hydrogen-bond donors (Lipinski definition) is 1. The minimum Gasteiger partial charge on any atom is -0.255 e. The fourth-order valence-corrected chi connectivity index (χ4v) is 2.98. The summed E-state index contributed by atoms with van der Waals surface area (Å²) in [5.41, 5.74) is 0. The van der Waals surface area contributed by atoms with Crippen LogP contribution in [0.5, 0.6) is 0 Å². The number of halogens is 1. The number of benzene rings is 1. The molecule has 0 bridgehead atoms. The van der Waals surface area contributed by atoms with Crippen molar-refractivity contribution >= 4 is 26.5 Å². The predicted octanol–water partition coefficient (Wildman–Crippen LogP) is 2.08. The Bertz CT molecular complexity index is 581. The average Bonchev–Trinajstić information content (AvgIpc) is 2.70. The first kappa shape index (κ1) is 11.0.